The van der Waals surface area contributed by atoms with Gasteiger partial charge in [0.2, 0.25) is 5.88 Å². The summed E-state index contributed by atoms with van der Waals surface area (Å²) in [5, 5.41) is 3.42. The first-order chi connectivity index (χ1) is 5.93. The largest absolute Gasteiger partial charge is 0.481 e. The van der Waals surface area contributed by atoms with Gasteiger partial charge in [0, 0.05) is 6.08 Å². The maximum absolute atomic E-state index is 12.1. The second kappa shape index (κ2) is 3.13. The lowest BCUT2D eigenvalue weighted by atomic mass is 10.3. The fourth-order valence-electron chi connectivity index (χ4n) is 0.682. The summed E-state index contributed by atoms with van der Waals surface area (Å²) in [5.74, 6) is 4.88. The van der Waals surface area contributed by atoms with Crippen LogP contribution < -0.4 is 11.3 Å². The SMILES string of the molecule is COC1=CC(C(F)(F)F)=NN(N)N1. The summed E-state index contributed by atoms with van der Waals surface area (Å²) in [5.41, 5.74) is 1.11. The van der Waals surface area contributed by atoms with Crippen molar-refractivity contribution < 1.29 is 17.9 Å². The number of hydrazine groups is 2. The fraction of sp³-hybridized carbons (Fsp3) is 0.400. The van der Waals surface area contributed by atoms with Crippen LogP contribution in [0.1, 0.15) is 0 Å². The molecule has 0 bridgehead atoms. The van der Waals surface area contributed by atoms with Gasteiger partial charge in [-0.25, -0.2) is 11.3 Å². The molecule has 0 saturated heterocycles. The van der Waals surface area contributed by atoms with E-state index >= 15 is 0 Å². The first-order valence-corrected chi connectivity index (χ1v) is 3.16. The van der Waals surface area contributed by atoms with Gasteiger partial charge in [0.05, 0.1) is 7.11 Å². The standard InChI is InChI=1S/C5H7F3N4O/c1-13-4-2-3(5(6,7)8)10-12(9)11-4/h2,11H,9H2,1H3. The number of allylic oxidation sites excluding steroid dienone is 1. The summed E-state index contributed by atoms with van der Waals surface area (Å²) in [6, 6.07) is 0. The molecular weight excluding hydrogens is 189 g/mol. The van der Waals surface area contributed by atoms with Crippen LogP contribution in [0.25, 0.3) is 0 Å². The normalized spacial score (nSPS) is 17.5. The van der Waals surface area contributed by atoms with Crippen LogP contribution in [-0.2, 0) is 4.74 Å². The van der Waals surface area contributed by atoms with Gasteiger partial charge < -0.3 is 4.74 Å². The molecule has 0 unspecified atom stereocenters. The second-order valence-electron chi connectivity index (χ2n) is 2.15. The number of rotatable bonds is 1. The van der Waals surface area contributed by atoms with Gasteiger partial charge in [-0.2, -0.15) is 13.2 Å². The topological polar surface area (TPSA) is 62.9 Å². The van der Waals surface area contributed by atoms with Crippen molar-refractivity contribution in [3.8, 4) is 0 Å². The van der Waals surface area contributed by atoms with Gasteiger partial charge in [-0.05, 0) is 0 Å². The van der Waals surface area contributed by atoms with Gasteiger partial charge in [-0.15, -0.1) is 10.3 Å². The Bertz CT molecular complexity index is 259. The van der Waals surface area contributed by atoms with Crippen molar-refractivity contribution in [2.45, 2.75) is 6.18 Å². The van der Waals surface area contributed by atoms with E-state index in [1.165, 1.54) is 7.11 Å². The highest BCUT2D eigenvalue weighted by Crippen LogP contribution is 2.20. The molecule has 0 saturated carbocycles. The van der Waals surface area contributed by atoms with E-state index < -0.39 is 11.9 Å². The van der Waals surface area contributed by atoms with Crippen molar-refractivity contribution in [2.24, 2.45) is 10.9 Å². The zero-order valence-corrected chi connectivity index (χ0v) is 6.59. The Labute approximate surface area is 71.6 Å². The molecule has 1 rings (SSSR count). The van der Waals surface area contributed by atoms with Crippen molar-refractivity contribution in [3.63, 3.8) is 0 Å². The van der Waals surface area contributed by atoms with E-state index in [4.69, 9.17) is 5.84 Å². The van der Waals surface area contributed by atoms with Gasteiger partial charge >= 0.3 is 6.18 Å². The van der Waals surface area contributed by atoms with Crippen molar-refractivity contribution in [2.75, 3.05) is 7.11 Å². The average Bonchev–Trinajstić information content (AvgIpc) is 2.01. The molecule has 0 aromatic rings. The van der Waals surface area contributed by atoms with Crippen LogP contribution >= 0.6 is 0 Å². The van der Waals surface area contributed by atoms with E-state index in [-0.39, 0.29) is 5.88 Å². The molecular formula is C5H7F3N4O. The molecule has 0 atom stereocenters. The molecule has 0 amide bonds. The highest BCUT2D eigenvalue weighted by atomic mass is 19.4. The van der Waals surface area contributed by atoms with Crippen LogP contribution in [0.2, 0.25) is 0 Å². The molecule has 1 heterocycles. The second-order valence-corrected chi connectivity index (χ2v) is 2.15. The Balaban J connectivity index is 2.91. The summed E-state index contributed by atoms with van der Waals surface area (Å²) < 4.78 is 40.8. The molecule has 0 fully saturated rings. The van der Waals surface area contributed by atoms with Gasteiger partial charge in [0.25, 0.3) is 0 Å². The van der Waals surface area contributed by atoms with E-state index in [2.05, 4.69) is 15.3 Å². The van der Waals surface area contributed by atoms with Gasteiger partial charge in [0.15, 0.2) is 5.71 Å². The number of nitrogens with two attached hydrogens (primary N) is 1. The Kier molecular flexibility index (Phi) is 2.32. The van der Waals surface area contributed by atoms with Crippen LogP contribution in [0.15, 0.2) is 17.1 Å². The Morgan fingerprint density at radius 3 is 2.69 bits per heavy atom. The molecule has 0 aliphatic carbocycles. The summed E-state index contributed by atoms with van der Waals surface area (Å²) in [4.78, 5) is 0. The van der Waals surface area contributed by atoms with E-state index in [0.717, 1.165) is 0 Å². The number of methoxy groups -OCH3 is 1. The monoisotopic (exact) mass is 196 g/mol. The quantitative estimate of drug-likeness (QED) is 0.583. The zero-order valence-electron chi connectivity index (χ0n) is 6.59. The molecule has 0 spiro atoms. The van der Waals surface area contributed by atoms with Gasteiger partial charge in [-0.3, -0.25) is 0 Å². The highest BCUT2D eigenvalue weighted by molar-refractivity contribution is 5.99. The van der Waals surface area contributed by atoms with Crippen molar-refractivity contribution in [3.05, 3.63) is 12.0 Å². The predicted octanol–water partition coefficient (Wildman–Crippen LogP) is 0.0864. The van der Waals surface area contributed by atoms with E-state index in [1.54, 1.807) is 0 Å². The lowest BCUT2D eigenvalue weighted by molar-refractivity contribution is -0.0609. The molecule has 0 radical (unpaired) electrons. The van der Waals surface area contributed by atoms with Crippen LogP contribution in [-0.4, -0.2) is 24.2 Å². The highest BCUT2D eigenvalue weighted by Gasteiger charge is 2.37. The van der Waals surface area contributed by atoms with Crippen molar-refractivity contribution >= 4 is 5.71 Å². The molecule has 0 aromatic heterocycles. The lowest BCUT2D eigenvalue weighted by Gasteiger charge is -2.22. The van der Waals surface area contributed by atoms with Gasteiger partial charge in [-0.1, -0.05) is 0 Å². The fourth-order valence-corrected chi connectivity index (χ4v) is 0.682. The Hall–Kier alpha value is -1.44. The third kappa shape index (κ3) is 2.25. The zero-order chi connectivity index (χ0) is 10.1. The molecule has 74 valence electrons. The molecule has 0 aromatic carbocycles. The maximum atomic E-state index is 12.1. The number of ether oxygens (including phenoxy) is 1. The summed E-state index contributed by atoms with van der Waals surface area (Å²) in [6.45, 7) is 0. The first-order valence-electron chi connectivity index (χ1n) is 3.16. The molecule has 1 aliphatic heterocycles. The average molecular weight is 196 g/mol. The molecule has 1 aliphatic rings. The lowest BCUT2D eigenvalue weighted by Crippen LogP contribution is -2.44. The minimum Gasteiger partial charge on any atom is -0.481 e. The third-order valence-corrected chi connectivity index (χ3v) is 1.22. The summed E-state index contributed by atoms with van der Waals surface area (Å²) >= 11 is 0. The van der Waals surface area contributed by atoms with E-state index in [9.17, 15) is 13.2 Å². The molecule has 13 heavy (non-hydrogen) atoms. The minimum atomic E-state index is -4.54. The number of hydrogen-bond donors (Lipinski definition) is 2. The minimum absolute atomic E-state index is 0.121. The number of hydrogen-bond acceptors (Lipinski definition) is 5. The van der Waals surface area contributed by atoms with Crippen molar-refractivity contribution in [1.29, 1.82) is 0 Å². The predicted molar refractivity (Wildman–Crippen MR) is 37.7 cm³/mol. The Morgan fingerprint density at radius 1 is 1.62 bits per heavy atom. The van der Waals surface area contributed by atoms with Crippen molar-refractivity contribution in [1.82, 2.24) is 10.7 Å². The maximum Gasteiger partial charge on any atom is 0.435 e. The molecule has 3 N–H and O–H groups in total. The first kappa shape index (κ1) is 9.65. The van der Waals surface area contributed by atoms with E-state index in [0.29, 0.717) is 11.3 Å². The van der Waals surface area contributed by atoms with Crippen LogP contribution in [0.3, 0.4) is 0 Å². The van der Waals surface area contributed by atoms with Crippen LogP contribution in [0, 0.1) is 0 Å². The number of nitrogens with one attached hydrogen (secondary N) is 1. The number of halogens is 3. The van der Waals surface area contributed by atoms with Crippen LogP contribution in [0.4, 0.5) is 13.2 Å². The van der Waals surface area contributed by atoms with E-state index in [1.807, 2.05) is 0 Å². The molecule has 8 heteroatoms. The summed E-state index contributed by atoms with van der Waals surface area (Å²) in [6.07, 6.45) is -3.83. The Morgan fingerprint density at radius 2 is 2.23 bits per heavy atom. The number of nitrogens with zero attached hydrogens (tertiary/aromatic N) is 2. The van der Waals surface area contributed by atoms with Crippen LogP contribution in [0.5, 0.6) is 0 Å². The number of alkyl halides is 3. The summed E-state index contributed by atoms with van der Waals surface area (Å²) in [7, 11) is 1.21. The van der Waals surface area contributed by atoms with Gasteiger partial charge in [0.1, 0.15) is 0 Å². The smallest absolute Gasteiger partial charge is 0.435 e. The third-order valence-electron chi connectivity index (χ3n) is 1.22. The molecule has 5 nitrogen and oxygen atoms in total. The number of hydrazone groups is 1.